The number of rotatable bonds is 4. The Hall–Kier alpha value is -1.71. The molecular weight excluding hydrogens is 238 g/mol. The summed E-state index contributed by atoms with van der Waals surface area (Å²) >= 11 is 0. The van der Waals surface area contributed by atoms with Gasteiger partial charge in [0.1, 0.15) is 0 Å². The van der Waals surface area contributed by atoms with E-state index >= 15 is 0 Å². The Morgan fingerprint density at radius 1 is 1.16 bits per heavy atom. The average molecular weight is 257 g/mol. The minimum Gasteiger partial charge on any atom is -0.342 e. The van der Waals surface area contributed by atoms with Gasteiger partial charge >= 0.3 is 0 Å². The Morgan fingerprint density at radius 3 is 2.47 bits per heavy atom. The van der Waals surface area contributed by atoms with Crippen LogP contribution in [0.2, 0.25) is 0 Å². The zero-order chi connectivity index (χ0) is 13.1. The number of amides is 1. The summed E-state index contributed by atoms with van der Waals surface area (Å²) in [5.74, 6) is 0.284. The van der Waals surface area contributed by atoms with Gasteiger partial charge in [0.05, 0.1) is 0 Å². The van der Waals surface area contributed by atoms with Crippen molar-refractivity contribution in [3.8, 4) is 0 Å². The van der Waals surface area contributed by atoms with E-state index in [0.717, 1.165) is 38.8 Å². The maximum atomic E-state index is 12.1. The fraction of sp³-hybridized carbons (Fsp3) is 0.533. The predicted octanol–water partition coefficient (Wildman–Crippen LogP) is 2.79. The van der Waals surface area contributed by atoms with Crippen molar-refractivity contribution in [1.29, 1.82) is 0 Å². The minimum absolute atomic E-state index is 0.0825. The van der Waals surface area contributed by atoms with Crippen molar-refractivity contribution in [1.82, 2.24) is 4.90 Å². The molecule has 1 aromatic rings. The molecule has 3 rings (SSSR count). The van der Waals surface area contributed by atoms with E-state index in [1.165, 1.54) is 5.56 Å². The normalized spacial score (nSPS) is 19.7. The predicted molar refractivity (Wildman–Crippen MR) is 72.8 cm³/mol. The van der Waals surface area contributed by atoms with Gasteiger partial charge in [-0.1, -0.05) is 30.3 Å². The molecule has 4 heteroatoms. The van der Waals surface area contributed by atoms with Gasteiger partial charge in [-0.2, -0.15) is 10.2 Å². The first-order valence-electron chi connectivity index (χ1n) is 7.03. The molecule has 1 spiro atoms. The van der Waals surface area contributed by atoms with E-state index < -0.39 is 0 Å². The molecule has 4 nitrogen and oxygen atoms in total. The molecule has 19 heavy (non-hydrogen) atoms. The lowest BCUT2D eigenvalue weighted by Gasteiger charge is -2.29. The van der Waals surface area contributed by atoms with Gasteiger partial charge < -0.3 is 4.90 Å². The number of piperidine rings is 1. The highest BCUT2D eigenvalue weighted by molar-refractivity contribution is 5.76. The molecule has 0 atom stereocenters. The van der Waals surface area contributed by atoms with Crippen LogP contribution in [0.4, 0.5) is 0 Å². The second kappa shape index (κ2) is 5.11. The molecule has 0 unspecified atom stereocenters. The molecule has 1 aromatic carbocycles. The summed E-state index contributed by atoms with van der Waals surface area (Å²) in [4.78, 5) is 14.1. The molecular formula is C15H19N3O. The molecule has 1 fully saturated rings. The highest BCUT2D eigenvalue weighted by Gasteiger charge is 2.43. The standard InChI is InChI=1S/C15H19N3O/c19-14(8-4-7-13-5-2-1-3-6-13)18-11-9-15(10-12-18)16-17-15/h1-3,5-6H,4,7-12H2. The van der Waals surface area contributed by atoms with E-state index in [4.69, 9.17) is 0 Å². The van der Waals surface area contributed by atoms with Gasteiger partial charge in [0.15, 0.2) is 5.66 Å². The molecule has 2 aliphatic heterocycles. The first kappa shape index (κ1) is 12.3. The fourth-order valence-corrected chi connectivity index (χ4v) is 2.63. The monoisotopic (exact) mass is 257 g/mol. The third-order valence-electron chi connectivity index (χ3n) is 4.00. The van der Waals surface area contributed by atoms with Gasteiger partial charge in [-0.05, 0) is 18.4 Å². The van der Waals surface area contributed by atoms with Crippen molar-refractivity contribution < 1.29 is 4.79 Å². The largest absolute Gasteiger partial charge is 0.342 e. The highest BCUT2D eigenvalue weighted by atomic mass is 16.2. The fourth-order valence-electron chi connectivity index (χ4n) is 2.63. The van der Waals surface area contributed by atoms with Crippen LogP contribution < -0.4 is 0 Å². The Labute approximate surface area is 113 Å². The van der Waals surface area contributed by atoms with E-state index in [0.29, 0.717) is 6.42 Å². The first-order valence-corrected chi connectivity index (χ1v) is 7.03. The number of hydrogen-bond donors (Lipinski definition) is 0. The number of hydrogen-bond acceptors (Lipinski definition) is 3. The Morgan fingerprint density at radius 2 is 1.84 bits per heavy atom. The van der Waals surface area contributed by atoms with Crippen molar-refractivity contribution >= 4 is 5.91 Å². The summed E-state index contributed by atoms with van der Waals surface area (Å²) in [6.07, 6.45) is 4.39. The molecule has 1 amide bonds. The Bertz CT molecular complexity index is 467. The molecule has 0 radical (unpaired) electrons. The van der Waals surface area contributed by atoms with Crippen LogP contribution in [0.15, 0.2) is 40.6 Å². The number of carbonyl (C=O) groups excluding carboxylic acids is 1. The lowest BCUT2D eigenvalue weighted by molar-refractivity contribution is -0.132. The summed E-state index contributed by atoms with van der Waals surface area (Å²) in [5.41, 5.74) is 1.23. The SMILES string of the molecule is O=C(CCCc1ccccc1)N1CCC2(CC1)N=N2. The summed E-state index contributed by atoms with van der Waals surface area (Å²) in [6, 6.07) is 10.3. The van der Waals surface area contributed by atoms with Crippen molar-refractivity contribution in [3.05, 3.63) is 35.9 Å². The maximum absolute atomic E-state index is 12.1. The van der Waals surface area contributed by atoms with Gasteiger partial charge in [0, 0.05) is 32.4 Å². The van der Waals surface area contributed by atoms with E-state index in [1.807, 2.05) is 23.1 Å². The van der Waals surface area contributed by atoms with Crippen LogP contribution in [0.25, 0.3) is 0 Å². The molecule has 0 bridgehead atoms. The highest BCUT2D eigenvalue weighted by Crippen LogP contribution is 2.38. The molecule has 0 N–H and O–H groups in total. The van der Waals surface area contributed by atoms with Gasteiger partial charge in [0.2, 0.25) is 5.91 Å². The summed E-state index contributed by atoms with van der Waals surface area (Å²) in [7, 11) is 0. The number of aryl methyl sites for hydroxylation is 1. The van der Waals surface area contributed by atoms with Crippen LogP contribution in [0.1, 0.15) is 31.2 Å². The average Bonchev–Trinajstić information content (AvgIpc) is 3.20. The second-order valence-electron chi connectivity index (χ2n) is 5.40. The maximum Gasteiger partial charge on any atom is 0.222 e. The zero-order valence-electron chi connectivity index (χ0n) is 11.1. The van der Waals surface area contributed by atoms with Gasteiger partial charge in [-0.15, -0.1) is 0 Å². The smallest absolute Gasteiger partial charge is 0.222 e. The number of likely N-dealkylation sites (tertiary alicyclic amines) is 1. The van der Waals surface area contributed by atoms with E-state index in [9.17, 15) is 4.79 Å². The van der Waals surface area contributed by atoms with Crippen molar-refractivity contribution in [2.24, 2.45) is 10.2 Å². The first-order chi connectivity index (χ1) is 9.27. The van der Waals surface area contributed by atoms with E-state index in [1.54, 1.807) is 0 Å². The molecule has 1 saturated heterocycles. The van der Waals surface area contributed by atoms with Crippen LogP contribution in [0.3, 0.4) is 0 Å². The van der Waals surface area contributed by atoms with Crippen LogP contribution in [-0.2, 0) is 11.2 Å². The topological polar surface area (TPSA) is 45.0 Å². The van der Waals surface area contributed by atoms with Crippen LogP contribution in [0.5, 0.6) is 0 Å². The van der Waals surface area contributed by atoms with E-state index in [-0.39, 0.29) is 11.6 Å². The van der Waals surface area contributed by atoms with Crippen molar-refractivity contribution in [3.63, 3.8) is 0 Å². The molecule has 2 aliphatic rings. The third kappa shape index (κ3) is 3.00. The number of carbonyl (C=O) groups is 1. The Balaban J connectivity index is 1.39. The van der Waals surface area contributed by atoms with E-state index in [2.05, 4.69) is 22.4 Å². The third-order valence-corrected chi connectivity index (χ3v) is 4.00. The van der Waals surface area contributed by atoms with Crippen molar-refractivity contribution in [2.45, 2.75) is 37.8 Å². The summed E-state index contributed by atoms with van der Waals surface area (Å²) in [5, 5.41) is 8.15. The quantitative estimate of drug-likeness (QED) is 0.818. The molecule has 2 heterocycles. The molecule has 0 aliphatic carbocycles. The summed E-state index contributed by atoms with van der Waals surface area (Å²) in [6.45, 7) is 1.63. The molecule has 100 valence electrons. The van der Waals surface area contributed by atoms with Gasteiger partial charge in [0.25, 0.3) is 0 Å². The van der Waals surface area contributed by atoms with Gasteiger partial charge in [-0.3, -0.25) is 4.79 Å². The lowest BCUT2D eigenvalue weighted by Crippen LogP contribution is -2.41. The van der Waals surface area contributed by atoms with Crippen LogP contribution in [0, 0.1) is 0 Å². The Kier molecular flexibility index (Phi) is 3.32. The zero-order valence-corrected chi connectivity index (χ0v) is 11.1. The van der Waals surface area contributed by atoms with Gasteiger partial charge in [-0.25, -0.2) is 0 Å². The lowest BCUT2D eigenvalue weighted by atomic mass is 10.0. The van der Waals surface area contributed by atoms with Crippen LogP contribution in [-0.4, -0.2) is 29.6 Å². The second-order valence-corrected chi connectivity index (χ2v) is 5.40. The van der Waals surface area contributed by atoms with Crippen molar-refractivity contribution in [2.75, 3.05) is 13.1 Å². The molecule has 0 saturated carbocycles. The number of nitrogens with zero attached hydrogens (tertiary/aromatic N) is 3. The number of benzene rings is 1. The van der Waals surface area contributed by atoms with Crippen LogP contribution >= 0.6 is 0 Å². The summed E-state index contributed by atoms with van der Waals surface area (Å²) < 4.78 is 0. The molecule has 0 aromatic heterocycles. The minimum atomic E-state index is -0.0825.